The van der Waals surface area contributed by atoms with Crippen LogP contribution in [-0.4, -0.2) is 19.3 Å². The van der Waals surface area contributed by atoms with Gasteiger partial charge in [0.25, 0.3) is 0 Å². The molecule has 0 fully saturated rings. The van der Waals surface area contributed by atoms with Gasteiger partial charge in [0.2, 0.25) is 0 Å². The third kappa shape index (κ3) is 4.92. The summed E-state index contributed by atoms with van der Waals surface area (Å²) in [6, 6.07) is 8.92. The summed E-state index contributed by atoms with van der Waals surface area (Å²) in [4.78, 5) is 0. The van der Waals surface area contributed by atoms with Gasteiger partial charge in [-0.05, 0) is 48.5 Å². The monoisotopic (exact) mass is 323 g/mol. The molecule has 0 amide bonds. The van der Waals surface area contributed by atoms with E-state index in [9.17, 15) is 17.6 Å². The first-order valence-electron chi connectivity index (χ1n) is 6.63. The predicted molar refractivity (Wildman–Crippen MR) is 79.7 cm³/mol. The fraction of sp³-hybridized carbons (Fsp3) is 0.176. The molecule has 0 aliphatic rings. The van der Waals surface area contributed by atoms with Gasteiger partial charge in [0.05, 0.1) is 7.11 Å². The molecule has 0 spiro atoms. The van der Waals surface area contributed by atoms with Gasteiger partial charge in [0, 0.05) is 11.3 Å². The van der Waals surface area contributed by atoms with E-state index < -0.39 is 18.0 Å². The van der Waals surface area contributed by atoms with E-state index in [-0.39, 0.29) is 5.69 Å². The van der Waals surface area contributed by atoms with E-state index in [0.717, 1.165) is 12.1 Å². The van der Waals surface area contributed by atoms with Crippen LogP contribution in [0, 0.1) is 17.7 Å². The van der Waals surface area contributed by atoms with E-state index >= 15 is 0 Å². The van der Waals surface area contributed by atoms with Crippen molar-refractivity contribution >= 4 is 5.69 Å². The molecule has 1 N–H and O–H groups in total. The minimum atomic E-state index is -4.55. The zero-order chi connectivity index (χ0) is 16.9. The van der Waals surface area contributed by atoms with Gasteiger partial charge >= 0.3 is 6.18 Å². The maximum absolute atomic E-state index is 13.1. The summed E-state index contributed by atoms with van der Waals surface area (Å²) in [5.41, 5.74) is 0.568. The summed E-state index contributed by atoms with van der Waals surface area (Å²) in [5.74, 6) is 4.60. The van der Waals surface area contributed by atoms with Gasteiger partial charge in [-0.2, -0.15) is 13.2 Å². The Morgan fingerprint density at radius 3 is 2.13 bits per heavy atom. The van der Waals surface area contributed by atoms with Crippen LogP contribution in [0.25, 0.3) is 0 Å². The molecule has 2 rings (SSSR count). The molecule has 2 aromatic rings. The first kappa shape index (κ1) is 16.7. The summed E-state index contributed by atoms with van der Waals surface area (Å²) >= 11 is 0. The fourth-order valence-corrected chi connectivity index (χ4v) is 1.74. The maximum atomic E-state index is 13.1. The van der Waals surface area contributed by atoms with Crippen LogP contribution in [0.2, 0.25) is 0 Å². The number of halogens is 4. The topological polar surface area (TPSA) is 21.3 Å². The molecule has 6 heteroatoms. The molecule has 1 unspecified atom stereocenters. The van der Waals surface area contributed by atoms with Crippen LogP contribution in [0.15, 0.2) is 48.5 Å². The molecule has 0 saturated carbocycles. The summed E-state index contributed by atoms with van der Waals surface area (Å²) in [5, 5.41) is 2.32. The van der Waals surface area contributed by atoms with Crippen LogP contribution < -0.4 is 10.1 Å². The van der Waals surface area contributed by atoms with Crippen molar-refractivity contribution in [2.24, 2.45) is 0 Å². The van der Waals surface area contributed by atoms with Crippen LogP contribution >= 0.6 is 0 Å². The molecule has 23 heavy (non-hydrogen) atoms. The second-order valence-electron chi connectivity index (χ2n) is 4.62. The standard InChI is InChI=1S/C17H13F4NO/c1-23-15-9-7-14(8-10-15)22-16(17(19,20)21)11-4-12-2-5-13(18)6-3-12/h2-3,5-10,16,22H,1H3. The lowest BCUT2D eigenvalue weighted by molar-refractivity contribution is -0.130. The third-order valence-electron chi connectivity index (χ3n) is 2.93. The smallest absolute Gasteiger partial charge is 0.420 e. The van der Waals surface area contributed by atoms with E-state index in [0.29, 0.717) is 11.3 Å². The molecule has 0 radical (unpaired) electrons. The number of benzene rings is 2. The largest absolute Gasteiger partial charge is 0.497 e. The normalized spacial score (nSPS) is 12.0. The Morgan fingerprint density at radius 1 is 1.00 bits per heavy atom. The summed E-state index contributed by atoms with van der Waals surface area (Å²) in [6.45, 7) is 0. The highest BCUT2D eigenvalue weighted by Crippen LogP contribution is 2.24. The number of hydrogen-bond acceptors (Lipinski definition) is 2. The highest BCUT2D eigenvalue weighted by Gasteiger charge is 2.38. The number of alkyl halides is 3. The minimum absolute atomic E-state index is 0.265. The Bertz CT molecular complexity index is 697. The van der Waals surface area contributed by atoms with Crippen molar-refractivity contribution in [2.45, 2.75) is 12.2 Å². The third-order valence-corrected chi connectivity index (χ3v) is 2.93. The number of methoxy groups -OCH3 is 1. The fourth-order valence-electron chi connectivity index (χ4n) is 1.74. The number of nitrogens with one attached hydrogen (secondary N) is 1. The first-order valence-corrected chi connectivity index (χ1v) is 6.63. The van der Waals surface area contributed by atoms with Crippen molar-refractivity contribution in [3.8, 4) is 17.6 Å². The molecule has 0 bridgehead atoms. The van der Waals surface area contributed by atoms with Gasteiger partial charge in [0.1, 0.15) is 11.6 Å². The average molecular weight is 323 g/mol. The van der Waals surface area contributed by atoms with Gasteiger partial charge in [-0.1, -0.05) is 11.8 Å². The lowest BCUT2D eigenvalue weighted by Crippen LogP contribution is -2.34. The van der Waals surface area contributed by atoms with Crippen molar-refractivity contribution in [3.63, 3.8) is 0 Å². The molecule has 2 nitrogen and oxygen atoms in total. The highest BCUT2D eigenvalue weighted by molar-refractivity contribution is 5.49. The molecule has 0 aliphatic carbocycles. The van der Waals surface area contributed by atoms with E-state index in [1.807, 2.05) is 0 Å². The van der Waals surface area contributed by atoms with Crippen molar-refractivity contribution in [2.75, 3.05) is 12.4 Å². The number of hydrogen-bond donors (Lipinski definition) is 1. The second-order valence-corrected chi connectivity index (χ2v) is 4.62. The molecule has 2 aromatic carbocycles. The zero-order valence-electron chi connectivity index (χ0n) is 12.1. The molecule has 0 aromatic heterocycles. The Hall–Kier alpha value is -2.68. The molecular formula is C17H13F4NO. The molecule has 120 valence electrons. The van der Waals surface area contributed by atoms with Gasteiger partial charge in [-0.25, -0.2) is 4.39 Å². The number of rotatable bonds is 3. The lowest BCUT2D eigenvalue weighted by atomic mass is 10.2. The van der Waals surface area contributed by atoms with Crippen molar-refractivity contribution in [3.05, 3.63) is 59.9 Å². The van der Waals surface area contributed by atoms with Gasteiger partial charge in [-0.3, -0.25) is 0 Å². The zero-order valence-corrected chi connectivity index (χ0v) is 12.1. The van der Waals surface area contributed by atoms with Gasteiger partial charge in [-0.15, -0.1) is 0 Å². The van der Waals surface area contributed by atoms with E-state index in [4.69, 9.17) is 4.74 Å². The van der Waals surface area contributed by atoms with E-state index in [1.165, 1.54) is 31.4 Å². The predicted octanol–water partition coefficient (Wildman–Crippen LogP) is 4.23. The van der Waals surface area contributed by atoms with Crippen LogP contribution in [0.4, 0.5) is 23.2 Å². The highest BCUT2D eigenvalue weighted by atomic mass is 19.4. The summed E-state index contributed by atoms with van der Waals surface area (Å²) < 4.78 is 56.9. The Morgan fingerprint density at radius 2 is 1.61 bits per heavy atom. The molecule has 1 atom stereocenters. The number of ether oxygens (including phenoxy) is 1. The van der Waals surface area contributed by atoms with Crippen molar-refractivity contribution in [1.82, 2.24) is 0 Å². The van der Waals surface area contributed by atoms with Crippen LogP contribution in [0.5, 0.6) is 5.75 Å². The van der Waals surface area contributed by atoms with Gasteiger partial charge < -0.3 is 10.1 Å². The Balaban J connectivity index is 2.19. The maximum Gasteiger partial charge on any atom is 0.420 e. The Kier molecular flexibility index (Phi) is 5.12. The minimum Gasteiger partial charge on any atom is -0.497 e. The quantitative estimate of drug-likeness (QED) is 0.674. The molecular weight excluding hydrogens is 310 g/mol. The van der Waals surface area contributed by atoms with E-state index in [2.05, 4.69) is 17.2 Å². The lowest BCUT2D eigenvalue weighted by Gasteiger charge is -2.17. The molecule has 0 heterocycles. The number of anilines is 1. The second kappa shape index (κ2) is 7.05. The first-order chi connectivity index (χ1) is 10.9. The molecule has 0 aliphatic heterocycles. The van der Waals surface area contributed by atoms with Crippen molar-refractivity contribution in [1.29, 1.82) is 0 Å². The van der Waals surface area contributed by atoms with Gasteiger partial charge in [0.15, 0.2) is 6.04 Å². The van der Waals surface area contributed by atoms with Crippen LogP contribution in [0.1, 0.15) is 5.56 Å². The summed E-state index contributed by atoms with van der Waals surface area (Å²) in [6.07, 6.45) is -4.55. The average Bonchev–Trinajstić information content (AvgIpc) is 2.52. The Labute approximate surface area is 131 Å². The summed E-state index contributed by atoms with van der Waals surface area (Å²) in [7, 11) is 1.47. The van der Waals surface area contributed by atoms with Crippen molar-refractivity contribution < 1.29 is 22.3 Å². The molecule has 0 saturated heterocycles. The SMILES string of the molecule is COc1ccc(NC(C#Cc2ccc(F)cc2)C(F)(F)F)cc1. The van der Waals surface area contributed by atoms with Crippen LogP contribution in [0.3, 0.4) is 0 Å². The van der Waals surface area contributed by atoms with Crippen LogP contribution in [-0.2, 0) is 0 Å². The van der Waals surface area contributed by atoms with E-state index in [1.54, 1.807) is 12.1 Å².